The van der Waals surface area contributed by atoms with Crippen molar-refractivity contribution in [2.45, 2.75) is 32.4 Å². The molecule has 134 valence electrons. The number of nitrogens with zero attached hydrogens (tertiary/aromatic N) is 2. The van der Waals surface area contributed by atoms with Gasteiger partial charge in [0.25, 0.3) is 5.56 Å². The second kappa shape index (κ2) is 7.75. The zero-order chi connectivity index (χ0) is 17.8. The van der Waals surface area contributed by atoms with E-state index in [1.54, 1.807) is 12.3 Å². The smallest absolute Gasteiger partial charge is 0.339 e. The first-order valence-electron chi connectivity index (χ1n) is 8.12. The van der Waals surface area contributed by atoms with E-state index in [-0.39, 0.29) is 36.1 Å². The van der Waals surface area contributed by atoms with E-state index >= 15 is 0 Å². The summed E-state index contributed by atoms with van der Waals surface area (Å²) in [4.78, 5) is 41.3. The van der Waals surface area contributed by atoms with Crippen molar-refractivity contribution in [2.24, 2.45) is 0 Å². The number of carbonyl (C=O) groups excluding carboxylic acids is 2. The van der Waals surface area contributed by atoms with Crippen LogP contribution >= 0.6 is 11.3 Å². The molecule has 0 spiro atoms. The molecule has 2 aromatic rings. The third kappa shape index (κ3) is 3.88. The van der Waals surface area contributed by atoms with Crippen molar-refractivity contribution >= 4 is 33.4 Å². The summed E-state index contributed by atoms with van der Waals surface area (Å²) in [5.74, 6) is -0.861. The molecule has 25 heavy (non-hydrogen) atoms. The van der Waals surface area contributed by atoms with Crippen molar-refractivity contribution < 1.29 is 19.1 Å². The fourth-order valence-corrected chi connectivity index (χ4v) is 3.55. The maximum atomic E-state index is 12.6. The Balaban J connectivity index is 1.76. The van der Waals surface area contributed by atoms with Gasteiger partial charge in [-0.15, -0.1) is 11.3 Å². The maximum absolute atomic E-state index is 12.6. The van der Waals surface area contributed by atoms with Crippen LogP contribution in [-0.4, -0.2) is 47.3 Å². The molecule has 1 atom stereocenters. The lowest BCUT2D eigenvalue weighted by atomic mass is 10.2. The van der Waals surface area contributed by atoms with Crippen LogP contribution in [0, 0.1) is 0 Å². The Kier molecular flexibility index (Phi) is 5.44. The van der Waals surface area contributed by atoms with Crippen LogP contribution in [0.4, 0.5) is 0 Å². The van der Waals surface area contributed by atoms with E-state index in [9.17, 15) is 14.4 Å². The number of hydrogen-bond donors (Lipinski definition) is 1. The van der Waals surface area contributed by atoms with E-state index in [0.717, 1.165) is 19.4 Å². The van der Waals surface area contributed by atoms with Gasteiger partial charge < -0.3 is 14.8 Å². The van der Waals surface area contributed by atoms with E-state index < -0.39 is 11.5 Å². The van der Waals surface area contributed by atoms with E-state index in [1.807, 2.05) is 0 Å². The summed E-state index contributed by atoms with van der Waals surface area (Å²) in [6.45, 7) is 2.90. The summed E-state index contributed by atoms with van der Waals surface area (Å²) in [6.07, 6.45) is 3.27. The number of fused-ring (bicyclic) bond motifs is 1. The van der Waals surface area contributed by atoms with Crippen LogP contribution in [0.2, 0.25) is 0 Å². The fraction of sp³-hybridized carbons (Fsp3) is 0.500. The van der Waals surface area contributed by atoms with Crippen molar-refractivity contribution in [3.63, 3.8) is 0 Å². The molecule has 2 aromatic heterocycles. The highest BCUT2D eigenvalue weighted by molar-refractivity contribution is 7.17. The SMILES string of the molecule is CCOC(=O)c1csc2ncn(CC(=O)NCC3CCCO3)c(=O)c12. The first-order valence-corrected chi connectivity index (χ1v) is 9.00. The van der Waals surface area contributed by atoms with Gasteiger partial charge in [0.2, 0.25) is 5.91 Å². The second-order valence-corrected chi connectivity index (χ2v) is 6.52. The topological polar surface area (TPSA) is 99.5 Å². The van der Waals surface area contributed by atoms with Gasteiger partial charge in [0, 0.05) is 18.5 Å². The highest BCUT2D eigenvalue weighted by atomic mass is 32.1. The van der Waals surface area contributed by atoms with Gasteiger partial charge in [-0.1, -0.05) is 0 Å². The third-order valence-corrected chi connectivity index (χ3v) is 4.81. The average Bonchev–Trinajstić information content (AvgIpc) is 3.25. The number of hydrogen-bond acceptors (Lipinski definition) is 7. The first-order chi connectivity index (χ1) is 12.1. The standard InChI is InChI=1S/C16H19N3O5S/c1-2-23-16(22)11-8-25-14-13(11)15(21)19(9-18-14)7-12(20)17-6-10-4-3-5-24-10/h8-10H,2-7H2,1H3,(H,17,20). The summed E-state index contributed by atoms with van der Waals surface area (Å²) < 4.78 is 11.6. The van der Waals surface area contributed by atoms with E-state index in [2.05, 4.69) is 10.3 Å². The zero-order valence-corrected chi connectivity index (χ0v) is 14.6. The molecule has 8 nitrogen and oxygen atoms in total. The Morgan fingerprint density at radius 2 is 2.36 bits per heavy atom. The lowest BCUT2D eigenvalue weighted by molar-refractivity contribution is -0.122. The molecule has 0 radical (unpaired) electrons. The lowest BCUT2D eigenvalue weighted by Crippen LogP contribution is -2.36. The molecule has 0 bridgehead atoms. The van der Waals surface area contributed by atoms with Crippen molar-refractivity contribution in [1.29, 1.82) is 0 Å². The Hall–Kier alpha value is -2.26. The molecular weight excluding hydrogens is 346 g/mol. The highest BCUT2D eigenvalue weighted by Gasteiger charge is 2.20. The highest BCUT2D eigenvalue weighted by Crippen LogP contribution is 2.21. The third-order valence-electron chi connectivity index (χ3n) is 3.92. The molecule has 1 saturated heterocycles. The molecule has 9 heteroatoms. The largest absolute Gasteiger partial charge is 0.462 e. The summed E-state index contributed by atoms with van der Waals surface area (Å²) in [7, 11) is 0. The van der Waals surface area contributed by atoms with Gasteiger partial charge >= 0.3 is 5.97 Å². The minimum atomic E-state index is -0.562. The van der Waals surface area contributed by atoms with E-state index in [4.69, 9.17) is 9.47 Å². The van der Waals surface area contributed by atoms with Crippen LogP contribution in [0.3, 0.4) is 0 Å². The van der Waals surface area contributed by atoms with Gasteiger partial charge in [-0.3, -0.25) is 14.2 Å². The molecule has 0 saturated carbocycles. The summed E-state index contributed by atoms with van der Waals surface area (Å²) in [5, 5.41) is 4.51. The van der Waals surface area contributed by atoms with Crippen LogP contribution in [-0.2, 0) is 20.8 Å². The van der Waals surface area contributed by atoms with Crippen molar-refractivity contribution in [2.75, 3.05) is 19.8 Å². The number of esters is 1. The molecule has 1 aliphatic rings. The summed E-state index contributed by atoms with van der Waals surface area (Å²) in [5.41, 5.74) is -0.241. The van der Waals surface area contributed by atoms with Gasteiger partial charge in [0.1, 0.15) is 11.4 Å². The molecule has 3 rings (SSSR count). The van der Waals surface area contributed by atoms with Crippen LogP contribution in [0.1, 0.15) is 30.1 Å². The number of ether oxygens (including phenoxy) is 2. The molecule has 1 unspecified atom stereocenters. The minimum Gasteiger partial charge on any atom is -0.462 e. The molecule has 0 aromatic carbocycles. The zero-order valence-electron chi connectivity index (χ0n) is 13.8. The van der Waals surface area contributed by atoms with Gasteiger partial charge in [0.05, 0.1) is 30.0 Å². The van der Waals surface area contributed by atoms with Crippen molar-refractivity contribution in [3.8, 4) is 0 Å². The quantitative estimate of drug-likeness (QED) is 0.765. The molecule has 3 heterocycles. The number of amides is 1. The van der Waals surface area contributed by atoms with Crippen LogP contribution in [0.5, 0.6) is 0 Å². The number of carbonyl (C=O) groups is 2. The predicted octanol–water partition coefficient (Wildman–Crippen LogP) is 0.930. The van der Waals surface area contributed by atoms with Crippen LogP contribution in [0.25, 0.3) is 10.2 Å². The van der Waals surface area contributed by atoms with Gasteiger partial charge in [0.15, 0.2) is 0 Å². The number of nitrogens with one attached hydrogen (secondary N) is 1. The minimum absolute atomic E-state index is 0.0357. The van der Waals surface area contributed by atoms with Crippen LogP contribution in [0.15, 0.2) is 16.5 Å². The van der Waals surface area contributed by atoms with Crippen molar-refractivity contribution in [1.82, 2.24) is 14.9 Å². The fourth-order valence-electron chi connectivity index (χ4n) is 2.68. The maximum Gasteiger partial charge on any atom is 0.339 e. The first kappa shape index (κ1) is 17.6. The summed E-state index contributed by atoms with van der Waals surface area (Å²) in [6, 6.07) is 0. The Morgan fingerprint density at radius 1 is 1.52 bits per heavy atom. The Labute approximate surface area is 147 Å². The Morgan fingerprint density at radius 3 is 3.08 bits per heavy atom. The van der Waals surface area contributed by atoms with Crippen LogP contribution < -0.4 is 10.9 Å². The number of thiophene rings is 1. The lowest BCUT2D eigenvalue weighted by Gasteiger charge is -2.11. The molecule has 0 aliphatic carbocycles. The molecular formula is C16H19N3O5S. The van der Waals surface area contributed by atoms with Gasteiger partial charge in [-0.2, -0.15) is 0 Å². The predicted molar refractivity (Wildman–Crippen MR) is 91.8 cm³/mol. The monoisotopic (exact) mass is 365 g/mol. The van der Waals surface area contributed by atoms with E-state index in [1.165, 1.54) is 22.2 Å². The van der Waals surface area contributed by atoms with E-state index in [0.29, 0.717) is 11.4 Å². The Bertz CT molecular complexity index is 838. The van der Waals surface area contributed by atoms with Crippen molar-refractivity contribution in [3.05, 3.63) is 27.6 Å². The molecule has 1 fully saturated rings. The molecule has 1 N–H and O–H groups in total. The van der Waals surface area contributed by atoms with Gasteiger partial charge in [-0.05, 0) is 19.8 Å². The normalized spacial score (nSPS) is 16.9. The van der Waals surface area contributed by atoms with Gasteiger partial charge in [-0.25, -0.2) is 9.78 Å². The molecule has 1 amide bonds. The molecule has 1 aliphatic heterocycles. The number of aromatic nitrogens is 2. The second-order valence-electron chi connectivity index (χ2n) is 5.67. The summed E-state index contributed by atoms with van der Waals surface area (Å²) >= 11 is 1.19. The number of rotatable bonds is 6. The average molecular weight is 365 g/mol.